The molecule has 8 heteroatoms. The van der Waals surface area contributed by atoms with Crippen molar-refractivity contribution >= 4 is 5.91 Å². The van der Waals surface area contributed by atoms with E-state index in [0.717, 1.165) is 35.7 Å². The topological polar surface area (TPSA) is 99.7 Å². The Morgan fingerprint density at radius 1 is 1.34 bits per heavy atom. The van der Waals surface area contributed by atoms with Crippen molar-refractivity contribution < 1.29 is 19.4 Å². The van der Waals surface area contributed by atoms with Gasteiger partial charge in [-0.25, -0.2) is 4.98 Å². The molecule has 2 aliphatic carbocycles. The van der Waals surface area contributed by atoms with E-state index < -0.39 is 12.0 Å². The van der Waals surface area contributed by atoms with Crippen LogP contribution in [0.2, 0.25) is 0 Å². The average molecular weight is 441 g/mol. The standard InChI is InChI=1S/C24H32N4O4/c1-31-17-4-2-3-15(11-17)13-25-19-12-18(24(30)28-7-9-32-10-8-28)22(29)21(19)20-14-26-23(27-20)16-5-6-16/h2-4,11,14,16,18-19,21-22,25,29H,5-10,12-13H2,1H3,(H,26,27)/t18-,19+,21+,22+/m0/s1. The molecule has 0 bridgehead atoms. The Balaban J connectivity index is 1.35. The van der Waals surface area contributed by atoms with Gasteiger partial charge < -0.3 is 29.8 Å². The van der Waals surface area contributed by atoms with Crippen LogP contribution in [-0.4, -0.2) is 71.4 Å². The second kappa shape index (κ2) is 9.21. The normalized spacial score (nSPS) is 28.1. The Labute approximate surface area is 188 Å². The van der Waals surface area contributed by atoms with Crippen LogP contribution in [0.15, 0.2) is 30.5 Å². The summed E-state index contributed by atoms with van der Waals surface area (Å²) < 4.78 is 10.7. The molecule has 0 spiro atoms. The predicted molar refractivity (Wildman–Crippen MR) is 118 cm³/mol. The molecule has 1 saturated heterocycles. The number of hydrogen-bond acceptors (Lipinski definition) is 6. The largest absolute Gasteiger partial charge is 0.497 e. The molecule has 1 aromatic carbocycles. The molecule has 32 heavy (non-hydrogen) atoms. The second-order valence-corrected chi connectivity index (χ2v) is 9.13. The monoisotopic (exact) mass is 440 g/mol. The van der Waals surface area contributed by atoms with E-state index in [1.165, 1.54) is 0 Å². The van der Waals surface area contributed by atoms with E-state index in [4.69, 9.17) is 9.47 Å². The van der Waals surface area contributed by atoms with Crippen molar-refractivity contribution in [2.75, 3.05) is 33.4 Å². The minimum Gasteiger partial charge on any atom is -0.497 e. The van der Waals surface area contributed by atoms with Crippen LogP contribution >= 0.6 is 0 Å². The number of benzene rings is 1. The van der Waals surface area contributed by atoms with Crippen molar-refractivity contribution in [1.29, 1.82) is 0 Å². The highest BCUT2D eigenvalue weighted by Gasteiger charge is 2.48. The van der Waals surface area contributed by atoms with Gasteiger partial charge in [0.1, 0.15) is 11.6 Å². The van der Waals surface area contributed by atoms with Crippen LogP contribution in [0.1, 0.15) is 48.2 Å². The van der Waals surface area contributed by atoms with Gasteiger partial charge >= 0.3 is 0 Å². The van der Waals surface area contributed by atoms with Crippen LogP contribution in [0.25, 0.3) is 0 Å². The van der Waals surface area contributed by atoms with Gasteiger partial charge in [-0.15, -0.1) is 0 Å². The maximum atomic E-state index is 13.3. The quantitative estimate of drug-likeness (QED) is 0.607. The fourth-order valence-corrected chi connectivity index (χ4v) is 5.04. The number of imidazole rings is 1. The molecule has 3 aliphatic rings. The lowest BCUT2D eigenvalue weighted by atomic mass is 9.95. The number of aromatic nitrogens is 2. The van der Waals surface area contributed by atoms with Gasteiger partial charge in [-0.2, -0.15) is 0 Å². The van der Waals surface area contributed by atoms with E-state index in [1.807, 2.05) is 35.4 Å². The molecule has 2 aromatic rings. The minimum absolute atomic E-state index is 0.0263. The molecule has 1 aromatic heterocycles. The van der Waals surface area contributed by atoms with Gasteiger partial charge in [-0.1, -0.05) is 12.1 Å². The first-order valence-electron chi connectivity index (χ1n) is 11.6. The lowest BCUT2D eigenvalue weighted by molar-refractivity contribution is -0.142. The van der Waals surface area contributed by atoms with Crippen molar-refractivity contribution in [2.45, 2.75) is 49.8 Å². The molecule has 4 atom stereocenters. The molecular weight excluding hydrogens is 408 g/mol. The zero-order valence-electron chi connectivity index (χ0n) is 18.5. The van der Waals surface area contributed by atoms with Gasteiger partial charge in [0.05, 0.1) is 32.3 Å². The third-order valence-corrected chi connectivity index (χ3v) is 7.00. The number of amides is 1. The Morgan fingerprint density at radius 3 is 2.91 bits per heavy atom. The minimum atomic E-state index is -0.763. The molecule has 2 saturated carbocycles. The molecule has 0 radical (unpaired) electrons. The number of morpholine rings is 1. The van der Waals surface area contributed by atoms with Crippen LogP contribution in [0.5, 0.6) is 5.75 Å². The zero-order chi connectivity index (χ0) is 22.1. The summed E-state index contributed by atoms with van der Waals surface area (Å²) in [6.07, 6.45) is 4.00. The summed E-state index contributed by atoms with van der Waals surface area (Å²) in [6.45, 7) is 2.92. The smallest absolute Gasteiger partial charge is 0.228 e. The van der Waals surface area contributed by atoms with Crippen molar-refractivity contribution in [1.82, 2.24) is 20.2 Å². The number of nitrogens with zero attached hydrogens (tertiary/aromatic N) is 2. The van der Waals surface area contributed by atoms with Gasteiger partial charge in [0.2, 0.25) is 5.91 Å². The fraction of sp³-hybridized carbons (Fsp3) is 0.583. The van der Waals surface area contributed by atoms with Crippen LogP contribution in [0.4, 0.5) is 0 Å². The van der Waals surface area contributed by atoms with Crippen molar-refractivity contribution in [2.24, 2.45) is 5.92 Å². The summed E-state index contributed by atoms with van der Waals surface area (Å²) in [5.41, 5.74) is 2.02. The van der Waals surface area contributed by atoms with E-state index >= 15 is 0 Å². The zero-order valence-corrected chi connectivity index (χ0v) is 18.5. The Morgan fingerprint density at radius 2 is 2.16 bits per heavy atom. The number of nitrogens with one attached hydrogen (secondary N) is 2. The molecule has 1 amide bonds. The van der Waals surface area contributed by atoms with Crippen molar-refractivity contribution in [3.63, 3.8) is 0 Å². The number of hydrogen-bond donors (Lipinski definition) is 3. The SMILES string of the molecule is COc1cccc(CN[C@@H]2C[C@H](C(=O)N3CCOCC3)[C@@H](O)[C@H]2c2cnc(C3CC3)[nH]2)c1. The molecule has 172 valence electrons. The first-order chi connectivity index (χ1) is 15.6. The maximum absolute atomic E-state index is 13.3. The number of methoxy groups -OCH3 is 1. The molecular formula is C24H32N4O4. The Hall–Kier alpha value is -2.42. The second-order valence-electron chi connectivity index (χ2n) is 9.13. The number of aliphatic hydroxyl groups is 1. The summed E-state index contributed by atoms with van der Waals surface area (Å²) in [5.74, 6) is 1.70. The number of aromatic amines is 1. The molecule has 3 N–H and O–H groups in total. The number of carbonyl (C=O) groups excluding carboxylic acids is 1. The van der Waals surface area contributed by atoms with E-state index in [1.54, 1.807) is 7.11 Å². The van der Waals surface area contributed by atoms with Gasteiger partial charge in [0, 0.05) is 49.4 Å². The number of aliphatic hydroxyl groups excluding tert-OH is 1. The third-order valence-electron chi connectivity index (χ3n) is 7.00. The predicted octanol–water partition coefficient (Wildman–Crippen LogP) is 1.78. The molecule has 1 aliphatic heterocycles. The average Bonchev–Trinajstić information content (AvgIpc) is 3.48. The summed E-state index contributed by atoms with van der Waals surface area (Å²) in [4.78, 5) is 23.1. The molecule has 8 nitrogen and oxygen atoms in total. The molecule has 3 fully saturated rings. The van der Waals surface area contributed by atoms with Crippen LogP contribution in [0, 0.1) is 5.92 Å². The highest BCUT2D eigenvalue weighted by Crippen LogP contribution is 2.42. The van der Waals surface area contributed by atoms with Gasteiger partial charge in [-0.3, -0.25) is 4.79 Å². The summed E-state index contributed by atoms with van der Waals surface area (Å²) >= 11 is 0. The lowest BCUT2D eigenvalue weighted by Gasteiger charge is -2.30. The molecule has 0 unspecified atom stereocenters. The van der Waals surface area contributed by atoms with E-state index in [2.05, 4.69) is 15.3 Å². The first-order valence-corrected chi connectivity index (χ1v) is 11.6. The maximum Gasteiger partial charge on any atom is 0.228 e. The van der Waals surface area contributed by atoms with E-state index in [9.17, 15) is 9.90 Å². The molecule has 5 rings (SSSR count). The summed E-state index contributed by atoms with van der Waals surface area (Å²) in [5, 5.41) is 14.9. The van der Waals surface area contributed by atoms with Gasteiger partial charge in [0.25, 0.3) is 0 Å². The van der Waals surface area contributed by atoms with Crippen molar-refractivity contribution in [3.05, 3.63) is 47.5 Å². The third kappa shape index (κ3) is 4.40. The van der Waals surface area contributed by atoms with Gasteiger partial charge in [0.15, 0.2) is 0 Å². The first kappa shape index (κ1) is 21.4. The Bertz CT molecular complexity index is 938. The summed E-state index contributed by atoms with van der Waals surface area (Å²) in [7, 11) is 1.66. The van der Waals surface area contributed by atoms with Crippen LogP contribution in [-0.2, 0) is 16.1 Å². The highest BCUT2D eigenvalue weighted by atomic mass is 16.5. The van der Waals surface area contributed by atoms with Gasteiger partial charge in [-0.05, 0) is 37.0 Å². The summed E-state index contributed by atoms with van der Waals surface area (Å²) in [6, 6.07) is 7.91. The van der Waals surface area contributed by atoms with E-state index in [0.29, 0.717) is 45.2 Å². The fourth-order valence-electron chi connectivity index (χ4n) is 5.04. The number of H-pyrrole nitrogens is 1. The van der Waals surface area contributed by atoms with Crippen molar-refractivity contribution in [3.8, 4) is 5.75 Å². The number of ether oxygens (including phenoxy) is 2. The molecule has 2 heterocycles. The number of carbonyl (C=O) groups is 1. The Kier molecular flexibility index (Phi) is 6.17. The van der Waals surface area contributed by atoms with E-state index in [-0.39, 0.29) is 17.9 Å². The lowest BCUT2D eigenvalue weighted by Crippen LogP contribution is -2.45. The highest BCUT2D eigenvalue weighted by molar-refractivity contribution is 5.80. The number of rotatable bonds is 7. The van der Waals surface area contributed by atoms with Crippen LogP contribution in [0.3, 0.4) is 0 Å². The van der Waals surface area contributed by atoms with Crippen LogP contribution < -0.4 is 10.1 Å².